The van der Waals surface area contributed by atoms with Gasteiger partial charge in [0.15, 0.2) is 6.10 Å². The molecule has 1 aromatic rings. The van der Waals surface area contributed by atoms with E-state index in [0.29, 0.717) is 6.42 Å². The van der Waals surface area contributed by atoms with Crippen LogP contribution in [-0.4, -0.2) is 19.2 Å². The molecule has 1 unspecified atom stereocenters. The molecule has 0 aliphatic carbocycles. The van der Waals surface area contributed by atoms with Crippen LogP contribution >= 0.6 is 15.9 Å². The van der Waals surface area contributed by atoms with Crippen molar-refractivity contribution in [1.82, 2.24) is 0 Å². The van der Waals surface area contributed by atoms with Crippen LogP contribution in [0.15, 0.2) is 22.7 Å². The lowest BCUT2D eigenvalue weighted by Crippen LogP contribution is -2.26. The van der Waals surface area contributed by atoms with E-state index in [4.69, 9.17) is 4.74 Å². The summed E-state index contributed by atoms with van der Waals surface area (Å²) in [6, 6.07) is 5.76. The highest BCUT2D eigenvalue weighted by molar-refractivity contribution is 9.10. The molecule has 1 atom stereocenters. The predicted molar refractivity (Wildman–Crippen MR) is 54.3 cm³/mol. The molecule has 0 amide bonds. The number of methoxy groups -OCH3 is 1. The molecular formula is C10H9BrO3. The highest BCUT2D eigenvalue weighted by Gasteiger charge is 2.30. The molecule has 0 spiro atoms. The molecule has 1 aromatic carbocycles. The quantitative estimate of drug-likeness (QED) is 0.721. The third-order valence-electron chi connectivity index (χ3n) is 2.18. The van der Waals surface area contributed by atoms with Crippen LogP contribution in [0.4, 0.5) is 0 Å². The van der Waals surface area contributed by atoms with Crippen molar-refractivity contribution in [3.8, 4) is 5.75 Å². The Morgan fingerprint density at radius 1 is 1.64 bits per heavy atom. The predicted octanol–water partition coefficient (Wildman–Crippen LogP) is 1.93. The molecule has 14 heavy (non-hydrogen) atoms. The summed E-state index contributed by atoms with van der Waals surface area (Å²) in [5.41, 5.74) is 1.04. The number of halogens is 1. The lowest BCUT2D eigenvalue weighted by atomic mass is 10.1. The highest BCUT2D eigenvalue weighted by atomic mass is 79.9. The molecule has 0 fully saturated rings. The fourth-order valence-corrected chi connectivity index (χ4v) is 1.99. The van der Waals surface area contributed by atoms with Gasteiger partial charge in [-0.25, -0.2) is 4.79 Å². The fraction of sp³-hybridized carbons (Fsp3) is 0.300. The maximum Gasteiger partial charge on any atom is 0.347 e. The van der Waals surface area contributed by atoms with E-state index in [-0.39, 0.29) is 5.97 Å². The zero-order valence-corrected chi connectivity index (χ0v) is 9.21. The maximum absolute atomic E-state index is 11.2. The summed E-state index contributed by atoms with van der Waals surface area (Å²) < 4.78 is 11.0. The maximum atomic E-state index is 11.2. The third-order valence-corrected chi connectivity index (χ3v) is 2.80. The lowest BCUT2D eigenvalue weighted by Gasteiger charge is -2.07. The number of rotatable bonds is 1. The molecule has 0 N–H and O–H groups in total. The molecule has 0 saturated heterocycles. The van der Waals surface area contributed by atoms with Crippen molar-refractivity contribution in [2.24, 2.45) is 0 Å². The van der Waals surface area contributed by atoms with Gasteiger partial charge in [-0.3, -0.25) is 0 Å². The van der Waals surface area contributed by atoms with Crippen molar-refractivity contribution in [3.05, 3.63) is 28.2 Å². The summed E-state index contributed by atoms with van der Waals surface area (Å²) in [6.45, 7) is 0. The zero-order chi connectivity index (χ0) is 10.1. The average molecular weight is 257 g/mol. The fourth-order valence-electron chi connectivity index (χ4n) is 1.49. The van der Waals surface area contributed by atoms with Gasteiger partial charge in [0.05, 0.1) is 11.6 Å². The van der Waals surface area contributed by atoms with Gasteiger partial charge in [0, 0.05) is 6.42 Å². The molecule has 0 radical (unpaired) electrons. The van der Waals surface area contributed by atoms with E-state index in [1.165, 1.54) is 7.11 Å². The number of para-hydroxylation sites is 1. The molecule has 74 valence electrons. The van der Waals surface area contributed by atoms with Crippen molar-refractivity contribution >= 4 is 21.9 Å². The number of carbonyl (C=O) groups excluding carboxylic acids is 1. The van der Waals surface area contributed by atoms with E-state index in [1.807, 2.05) is 18.2 Å². The third kappa shape index (κ3) is 1.50. The Kier molecular flexibility index (Phi) is 2.46. The topological polar surface area (TPSA) is 35.5 Å². The number of fused-ring (bicyclic) bond motifs is 1. The summed E-state index contributed by atoms with van der Waals surface area (Å²) in [5.74, 6) is 0.427. The molecule has 2 rings (SSSR count). The Labute approximate surface area is 90.1 Å². The Morgan fingerprint density at radius 3 is 3.07 bits per heavy atom. The van der Waals surface area contributed by atoms with Crippen molar-refractivity contribution in [2.45, 2.75) is 12.5 Å². The number of esters is 1. The van der Waals surface area contributed by atoms with Crippen LogP contribution in [0.2, 0.25) is 0 Å². The largest absolute Gasteiger partial charge is 0.477 e. The molecule has 1 aliphatic rings. The SMILES string of the molecule is COC(=O)C1Cc2cccc(Br)c2O1. The van der Waals surface area contributed by atoms with Gasteiger partial charge in [-0.05, 0) is 27.6 Å². The van der Waals surface area contributed by atoms with Gasteiger partial charge in [-0.15, -0.1) is 0 Å². The van der Waals surface area contributed by atoms with Gasteiger partial charge in [0.1, 0.15) is 5.75 Å². The van der Waals surface area contributed by atoms with Crippen molar-refractivity contribution in [3.63, 3.8) is 0 Å². The molecule has 3 nitrogen and oxygen atoms in total. The number of carbonyl (C=O) groups is 1. The zero-order valence-electron chi connectivity index (χ0n) is 7.62. The number of hydrogen-bond acceptors (Lipinski definition) is 3. The van der Waals surface area contributed by atoms with Gasteiger partial charge in [-0.1, -0.05) is 12.1 Å². The number of hydrogen-bond donors (Lipinski definition) is 0. The summed E-state index contributed by atoms with van der Waals surface area (Å²) in [5, 5.41) is 0. The second-order valence-corrected chi connectivity index (χ2v) is 3.92. The smallest absolute Gasteiger partial charge is 0.347 e. The van der Waals surface area contributed by atoms with E-state index >= 15 is 0 Å². The van der Waals surface area contributed by atoms with E-state index in [2.05, 4.69) is 20.7 Å². The normalized spacial score (nSPS) is 18.6. The van der Waals surface area contributed by atoms with Crippen LogP contribution in [0, 0.1) is 0 Å². The van der Waals surface area contributed by atoms with Gasteiger partial charge in [-0.2, -0.15) is 0 Å². The van der Waals surface area contributed by atoms with Gasteiger partial charge >= 0.3 is 5.97 Å². The number of ether oxygens (including phenoxy) is 2. The van der Waals surface area contributed by atoms with Crippen LogP contribution in [0.3, 0.4) is 0 Å². The monoisotopic (exact) mass is 256 g/mol. The molecule has 1 heterocycles. The van der Waals surface area contributed by atoms with Crippen LogP contribution < -0.4 is 4.74 Å². The van der Waals surface area contributed by atoms with Crippen molar-refractivity contribution in [2.75, 3.05) is 7.11 Å². The van der Waals surface area contributed by atoms with E-state index < -0.39 is 6.10 Å². The standard InChI is InChI=1S/C10H9BrO3/c1-13-10(12)8-5-6-3-2-4-7(11)9(6)14-8/h2-4,8H,5H2,1H3. The summed E-state index contributed by atoms with van der Waals surface area (Å²) in [6.07, 6.45) is 0.0928. The Hall–Kier alpha value is -1.03. The van der Waals surface area contributed by atoms with E-state index in [9.17, 15) is 4.79 Å². The minimum Gasteiger partial charge on any atom is -0.477 e. The summed E-state index contributed by atoms with van der Waals surface area (Å²) >= 11 is 3.37. The minimum absolute atomic E-state index is 0.326. The Balaban J connectivity index is 2.26. The van der Waals surface area contributed by atoms with Gasteiger partial charge in [0.2, 0.25) is 0 Å². The van der Waals surface area contributed by atoms with Crippen LogP contribution in [0.25, 0.3) is 0 Å². The molecule has 4 heteroatoms. The van der Waals surface area contributed by atoms with Gasteiger partial charge < -0.3 is 9.47 Å². The second-order valence-electron chi connectivity index (χ2n) is 3.06. The van der Waals surface area contributed by atoms with Gasteiger partial charge in [0.25, 0.3) is 0 Å². The molecule has 1 aliphatic heterocycles. The second kappa shape index (κ2) is 3.61. The highest BCUT2D eigenvalue weighted by Crippen LogP contribution is 2.35. The summed E-state index contributed by atoms with van der Waals surface area (Å²) in [4.78, 5) is 11.2. The van der Waals surface area contributed by atoms with E-state index in [0.717, 1.165) is 15.8 Å². The van der Waals surface area contributed by atoms with Crippen LogP contribution in [0.1, 0.15) is 5.56 Å². The van der Waals surface area contributed by atoms with E-state index in [1.54, 1.807) is 0 Å². The first-order chi connectivity index (χ1) is 6.72. The lowest BCUT2D eigenvalue weighted by molar-refractivity contribution is -0.147. The molecular weight excluding hydrogens is 248 g/mol. The van der Waals surface area contributed by atoms with Crippen molar-refractivity contribution < 1.29 is 14.3 Å². The summed E-state index contributed by atoms with van der Waals surface area (Å²) in [7, 11) is 1.36. The first kappa shape index (κ1) is 9.52. The first-order valence-corrected chi connectivity index (χ1v) is 5.03. The minimum atomic E-state index is -0.492. The van der Waals surface area contributed by atoms with Crippen LogP contribution in [0.5, 0.6) is 5.75 Å². The Morgan fingerprint density at radius 2 is 2.43 bits per heavy atom. The van der Waals surface area contributed by atoms with Crippen molar-refractivity contribution in [1.29, 1.82) is 0 Å². The molecule has 0 bridgehead atoms. The average Bonchev–Trinajstić information content (AvgIpc) is 2.62. The first-order valence-electron chi connectivity index (χ1n) is 4.24. The Bertz CT molecular complexity index is 376. The molecule has 0 saturated carbocycles. The number of benzene rings is 1. The molecule has 0 aromatic heterocycles. The van der Waals surface area contributed by atoms with Crippen LogP contribution in [-0.2, 0) is 16.0 Å².